The Labute approximate surface area is 198 Å². The Morgan fingerprint density at radius 3 is 2.79 bits per heavy atom. The van der Waals surface area contributed by atoms with Crippen molar-refractivity contribution in [2.45, 2.75) is 44.8 Å². The number of ketones is 1. The number of Topliss-reactive ketones (excluding diaryl/α,β-unsaturated/α-hetero) is 1. The molecular weight excluding hydrogens is 488 g/mol. The molecule has 3 atom stereocenters. The molecule has 33 heavy (non-hydrogen) atoms. The molecule has 2 aliphatic rings. The highest BCUT2D eigenvalue weighted by Crippen LogP contribution is 2.43. The zero-order valence-corrected chi connectivity index (χ0v) is 19.6. The van der Waals surface area contributed by atoms with E-state index in [1.165, 1.54) is 11.6 Å². The molecule has 1 aliphatic carbocycles. The van der Waals surface area contributed by atoms with E-state index in [2.05, 4.69) is 31.3 Å². The Kier molecular flexibility index (Phi) is 5.40. The molecule has 0 spiro atoms. The van der Waals surface area contributed by atoms with Crippen LogP contribution in [0.3, 0.4) is 0 Å². The van der Waals surface area contributed by atoms with Gasteiger partial charge in [0.2, 0.25) is 11.8 Å². The standard InChI is InChI=1S/C23H23BrN6O3/c1-12(31)21-16-10-14(25)6-8-17(16)29(28-21)11-20(32)30-15-7-5-13(9-15)22(30)23(33)27-19-4-2-3-18(24)26-19/h2-4,6,8,10,13,15,22H,5,7,9,11,25H2,1H3,(H,26,27,33). The number of rotatable bonds is 5. The maximum absolute atomic E-state index is 13.5. The number of pyridine rings is 1. The maximum atomic E-state index is 13.5. The zero-order chi connectivity index (χ0) is 23.3. The Hall–Kier alpha value is -3.27. The van der Waals surface area contributed by atoms with E-state index in [1.807, 2.05) is 0 Å². The SMILES string of the molecule is CC(=O)c1nn(CC(=O)N2C3CCC(C3)C2C(=O)Nc2cccc(Br)n2)c2ccc(N)cc12. The van der Waals surface area contributed by atoms with E-state index in [9.17, 15) is 14.4 Å². The molecule has 2 fully saturated rings. The van der Waals surface area contributed by atoms with Crippen molar-refractivity contribution in [2.24, 2.45) is 5.92 Å². The topological polar surface area (TPSA) is 123 Å². The average Bonchev–Trinajstić information content (AvgIpc) is 3.46. The van der Waals surface area contributed by atoms with Crippen molar-refractivity contribution in [3.05, 3.63) is 46.7 Å². The lowest BCUT2D eigenvalue weighted by Crippen LogP contribution is -2.52. The average molecular weight is 511 g/mol. The molecular formula is C23H23BrN6O3. The highest BCUT2D eigenvalue weighted by Gasteiger charge is 2.51. The molecule has 2 amide bonds. The number of carbonyl (C=O) groups excluding carboxylic acids is 3. The third-order valence-corrected chi connectivity index (χ3v) is 6.94. The van der Waals surface area contributed by atoms with Crippen LogP contribution in [0.5, 0.6) is 0 Å². The number of benzene rings is 1. The Morgan fingerprint density at radius 1 is 1.21 bits per heavy atom. The monoisotopic (exact) mass is 510 g/mol. The lowest BCUT2D eigenvalue weighted by Gasteiger charge is -2.34. The summed E-state index contributed by atoms with van der Waals surface area (Å²) in [6.45, 7) is 1.38. The van der Waals surface area contributed by atoms with Gasteiger partial charge in [0, 0.05) is 24.0 Å². The normalized spacial score (nSPS) is 21.5. The van der Waals surface area contributed by atoms with E-state index in [1.54, 1.807) is 41.3 Å². The summed E-state index contributed by atoms with van der Waals surface area (Å²) in [7, 11) is 0. The smallest absolute Gasteiger partial charge is 0.248 e. The molecule has 2 aromatic heterocycles. The summed E-state index contributed by atoms with van der Waals surface area (Å²) in [4.78, 5) is 44.7. The number of likely N-dealkylation sites (tertiary alicyclic amines) is 1. The van der Waals surface area contributed by atoms with Crippen LogP contribution in [0.25, 0.3) is 10.9 Å². The molecule has 1 aromatic carbocycles. The van der Waals surface area contributed by atoms with Crippen molar-refractivity contribution in [1.82, 2.24) is 19.7 Å². The van der Waals surface area contributed by atoms with Crippen molar-refractivity contribution in [2.75, 3.05) is 11.1 Å². The van der Waals surface area contributed by atoms with Gasteiger partial charge in [-0.3, -0.25) is 19.1 Å². The molecule has 3 aromatic rings. The van der Waals surface area contributed by atoms with Gasteiger partial charge in [-0.25, -0.2) is 4.98 Å². The van der Waals surface area contributed by atoms with Crippen LogP contribution < -0.4 is 11.1 Å². The fraction of sp³-hybridized carbons (Fsp3) is 0.348. The van der Waals surface area contributed by atoms with Crippen LogP contribution in [-0.4, -0.2) is 49.3 Å². The number of carbonyl (C=O) groups is 3. The van der Waals surface area contributed by atoms with Gasteiger partial charge < -0.3 is 16.0 Å². The number of anilines is 2. The third-order valence-electron chi connectivity index (χ3n) is 6.50. The molecule has 2 bridgehead atoms. The van der Waals surface area contributed by atoms with Crippen molar-refractivity contribution < 1.29 is 14.4 Å². The van der Waals surface area contributed by atoms with Crippen molar-refractivity contribution in [3.8, 4) is 0 Å². The van der Waals surface area contributed by atoms with Gasteiger partial charge in [-0.2, -0.15) is 5.10 Å². The van der Waals surface area contributed by atoms with Crippen LogP contribution in [-0.2, 0) is 16.1 Å². The van der Waals surface area contributed by atoms with Gasteiger partial charge >= 0.3 is 0 Å². The van der Waals surface area contributed by atoms with Gasteiger partial charge in [-0.15, -0.1) is 0 Å². The number of piperidine rings is 1. The number of hydrogen-bond acceptors (Lipinski definition) is 6. The molecule has 1 saturated heterocycles. The number of nitrogens with one attached hydrogen (secondary N) is 1. The highest BCUT2D eigenvalue weighted by molar-refractivity contribution is 9.10. The van der Waals surface area contributed by atoms with Crippen molar-refractivity contribution in [1.29, 1.82) is 0 Å². The Balaban J connectivity index is 1.42. The van der Waals surface area contributed by atoms with Crippen molar-refractivity contribution in [3.63, 3.8) is 0 Å². The predicted molar refractivity (Wildman–Crippen MR) is 126 cm³/mol. The summed E-state index contributed by atoms with van der Waals surface area (Å²) in [6, 6.07) is 9.93. The predicted octanol–water partition coefficient (Wildman–Crippen LogP) is 3.00. The number of aromatic nitrogens is 3. The number of fused-ring (bicyclic) bond motifs is 3. The van der Waals surface area contributed by atoms with Crippen LogP contribution in [0.15, 0.2) is 41.0 Å². The first kappa shape index (κ1) is 21.6. The lowest BCUT2D eigenvalue weighted by atomic mass is 9.97. The second-order valence-electron chi connectivity index (χ2n) is 8.65. The largest absolute Gasteiger partial charge is 0.399 e. The summed E-state index contributed by atoms with van der Waals surface area (Å²) in [6.07, 6.45) is 2.60. The minimum absolute atomic E-state index is 0.0264. The van der Waals surface area contributed by atoms with E-state index >= 15 is 0 Å². The molecule has 5 rings (SSSR count). The number of amides is 2. The van der Waals surface area contributed by atoms with Gasteiger partial charge in [0.1, 0.15) is 28.7 Å². The van der Waals surface area contributed by atoms with Gasteiger partial charge in [0.25, 0.3) is 0 Å². The van der Waals surface area contributed by atoms with E-state index in [4.69, 9.17) is 5.73 Å². The molecule has 0 radical (unpaired) electrons. The van der Waals surface area contributed by atoms with Crippen LogP contribution in [0.4, 0.5) is 11.5 Å². The first-order valence-corrected chi connectivity index (χ1v) is 11.6. The number of nitrogen functional groups attached to an aromatic ring is 1. The molecule has 3 heterocycles. The van der Waals surface area contributed by atoms with Gasteiger partial charge in [0.05, 0.1) is 5.52 Å². The summed E-state index contributed by atoms with van der Waals surface area (Å²) >= 11 is 3.31. The second kappa shape index (κ2) is 8.26. The maximum Gasteiger partial charge on any atom is 0.248 e. The minimum Gasteiger partial charge on any atom is -0.399 e. The quantitative estimate of drug-likeness (QED) is 0.309. The van der Waals surface area contributed by atoms with Gasteiger partial charge in [0.15, 0.2) is 5.78 Å². The molecule has 9 nitrogen and oxygen atoms in total. The molecule has 3 unspecified atom stereocenters. The Bertz CT molecular complexity index is 1290. The van der Waals surface area contributed by atoms with Crippen LogP contribution >= 0.6 is 15.9 Å². The van der Waals surface area contributed by atoms with Crippen molar-refractivity contribution >= 4 is 55.9 Å². The van der Waals surface area contributed by atoms with Gasteiger partial charge in [-0.05, 0) is 71.4 Å². The van der Waals surface area contributed by atoms with Crippen LogP contribution in [0.2, 0.25) is 0 Å². The summed E-state index contributed by atoms with van der Waals surface area (Å²) < 4.78 is 2.15. The van der Waals surface area contributed by atoms with E-state index in [0.717, 1.165) is 19.3 Å². The summed E-state index contributed by atoms with van der Waals surface area (Å²) in [5.74, 6) is -0.0697. The number of hydrogen-bond donors (Lipinski definition) is 2. The zero-order valence-electron chi connectivity index (χ0n) is 18.0. The number of halogens is 1. The fourth-order valence-corrected chi connectivity index (χ4v) is 5.49. The molecule has 10 heteroatoms. The first-order chi connectivity index (χ1) is 15.8. The number of nitrogens with two attached hydrogens (primary N) is 1. The number of nitrogens with zero attached hydrogens (tertiary/aromatic N) is 4. The first-order valence-electron chi connectivity index (χ1n) is 10.8. The molecule has 3 N–H and O–H groups in total. The molecule has 1 saturated carbocycles. The highest BCUT2D eigenvalue weighted by atomic mass is 79.9. The lowest BCUT2D eigenvalue weighted by molar-refractivity contribution is -0.141. The summed E-state index contributed by atoms with van der Waals surface area (Å²) in [5.41, 5.74) is 7.35. The van der Waals surface area contributed by atoms with E-state index in [0.29, 0.717) is 27.0 Å². The van der Waals surface area contributed by atoms with E-state index in [-0.39, 0.29) is 41.8 Å². The van der Waals surface area contributed by atoms with Gasteiger partial charge in [-0.1, -0.05) is 6.07 Å². The van der Waals surface area contributed by atoms with Crippen LogP contribution in [0, 0.1) is 5.92 Å². The molecule has 170 valence electrons. The fourth-order valence-electron chi connectivity index (χ4n) is 5.15. The molecule has 1 aliphatic heterocycles. The minimum atomic E-state index is -0.554. The third kappa shape index (κ3) is 3.88. The van der Waals surface area contributed by atoms with E-state index < -0.39 is 6.04 Å². The Morgan fingerprint density at radius 2 is 2.03 bits per heavy atom. The summed E-state index contributed by atoms with van der Waals surface area (Å²) in [5, 5.41) is 7.88. The van der Waals surface area contributed by atoms with Crippen LogP contribution in [0.1, 0.15) is 36.7 Å². The second-order valence-corrected chi connectivity index (χ2v) is 9.46.